The minimum absolute atomic E-state index is 0.460. The molecule has 0 rings (SSSR count). The highest BCUT2D eigenvalue weighted by Crippen LogP contribution is 2.25. The third-order valence-electron chi connectivity index (χ3n) is 6.01. The monoisotopic (exact) mass is 692 g/mol. The summed E-state index contributed by atoms with van der Waals surface area (Å²) < 4.78 is 78.8. The van der Waals surface area contributed by atoms with Crippen LogP contribution in [0.25, 0.3) is 0 Å². The Labute approximate surface area is 265 Å². The van der Waals surface area contributed by atoms with Crippen molar-refractivity contribution in [1.29, 1.82) is 0 Å². The minimum Gasteiger partial charge on any atom is -0.425 e. The summed E-state index contributed by atoms with van der Waals surface area (Å²) >= 11 is 0. The van der Waals surface area contributed by atoms with Crippen molar-refractivity contribution in [3.63, 3.8) is 0 Å². The molecule has 18 heteroatoms. The SMILES string of the molecule is CC(OC(=O)C(C)C)OC(=O)[C@H](O)C(C)(C)COS(=O)(=O)CCCS(=O)(=O)OCC(C)(C)[C@@H](O)C(=O)OC(C)OC(=O)C(C)C. The van der Waals surface area contributed by atoms with Gasteiger partial charge in [-0.05, 0) is 6.42 Å². The number of esters is 4. The Kier molecular flexibility index (Phi) is 16.6. The van der Waals surface area contributed by atoms with Crippen LogP contribution in [0.1, 0.15) is 75.7 Å². The molecule has 0 spiro atoms. The molecule has 4 atom stereocenters. The van der Waals surface area contributed by atoms with E-state index in [-0.39, 0.29) is 0 Å². The van der Waals surface area contributed by atoms with Gasteiger partial charge in [0, 0.05) is 24.7 Å². The summed E-state index contributed by atoms with van der Waals surface area (Å²) in [5.74, 6) is -6.13. The van der Waals surface area contributed by atoms with E-state index in [1.807, 2.05) is 0 Å². The van der Waals surface area contributed by atoms with Crippen molar-refractivity contribution < 1.29 is 73.5 Å². The topological polar surface area (TPSA) is 232 Å². The second kappa shape index (κ2) is 17.5. The van der Waals surface area contributed by atoms with Crippen LogP contribution in [0.3, 0.4) is 0 Å². The van der Waals surface area contributed by atoms with Crippen LogP contribution in [0.2, 0.25) is 0 Å². The number of aliphatic hydroxyl groups is 2. The van der Waals surface area contributed by atoms with E-state index in [4.69, 9.17) is 27.3 Å². The Morgan fingerprint density at radius 2 is 0.822 bits per heavy atom. The molecule has 0 fully saturated rings. The van der Waals surface area contributed by atoms with E-state index >= 15 is 0 Å². The molecule has 0 saturated heterocycles. The minimum atomic E-state index is -4.33. The van der Waals surface area contributed by atoms with Crippen LogP contribution in [-0.2, 0) is 66.7 Å². The lowest BCUT2D eigenvalue weighted by atomic mass is 9.87. The van der Waals surface area contributed by atoms with Gasteiger partial charge in [0.2, 0.25) is 12.6 Å². The molecule has 0 aliphatic rings. The van der Waals surface area contributed by atoms with Gasteiger partial charge in [-0.1, -0.05) is 55.4 Å². The summed E-state index contributed by atoms with van der Waals surface area (Å²) in [6.07, 6.45) is -6.80. The Bertz CT molecular complexity index is 1130. The first-order valence-electron chi connectivity index (χ1n) is 14.2. The zero-order valence-corrected chi connectivity index (χ0v) is 29.1. The van der Waals surface area contributed by atoms with Crippen molar-refractivity contribution in [3.05, 3.63) is 0 Å². The van der Waals surface area contributed by atoms with Crippen LogP contribution in [0.15, 0.2) is 0 Å². The van der Waals surface area contributed by atoms with Crippen molar-refractivity contribution in [2.24, 2.45) is 22.7 Å². The lowest BCUT2D eigenvalue weighted by molar-refractivity contribution is -0.198. The molecule has 0 aliphatic heterocycles. The van der Waals surface area contributed by atoms with Gasteiger partial charge in [-0.3, -0.25) is 18.0 Å². The van der Waals surface area contributed by atoms with Crippen LogP contribution in [0, 0.1) is 22.7 Å². The number of ether oxygens (including phenoxy) is 4. The largest absolute Gasteiger partial charge is 0.425 e. The molecule has 45 heavy (non-hydrogen) atoms. The summed E-state index contributed by atoms with van der Waals surface area (Å²) in [5.41, 5.74) is -2.97. The van der Waals surface area contributed by atoms with Gasteiger partial charge in [-0.2, -0.15) is 16.8 Å². The molecular weight excluding hydrogens is 644 g/mol. The fourth-order valence-corrected chi connectivity index (χ4v) is 5.29. The maximum Gasteiger partial charge on any atom is 0.338 e. The second-order valence-corrected chi connectivity index (χ2v) is 15.9. The van der Waals surface area contributed by atoms with Crippen molar-refractivity contribution in [2.75, 3.05) is 24.7 Å². The van der Waals surface area contributed by atoms with Gasteiger partial charge >= 0.3 is 23.9 Å². The summed E-state index contributed by atoms with van der Waals surface area (Å²) in [6, 6.07) is 0. The maximum absolute atomic E-state index is 12.4. The van der Waals surface area contributed by atoms with Gasteiger partial charge in [0.15, 0.2) is 12.2 Å². The Morgan fingerprint density at radius 1 is 0.556 bits per heavy atom. The molecule has 2 N–H and O–H groups in total. The Balaban J connectivity index is 4.89. The molecule has 0 aromatic heterocycles. The second-order valence-electron chi connectivity index (χ2n) is 12.4. The lowest BCUT2D eigenvalue weighted by Crippen LogP contribution is -2.43. The molecule has 16 nitrogen and oxygen atoms in total. The van der Waals surface area contributed by atoms with Crippen LogP contribution < -0.4 is 0 Å². The third-order valence-corrected chi connectivity index (χ3v) is 8.54. The van der Waals surface area contributed by atoms with Crippen LogP contribution in [-0.4, -0.2) is 100 Å². The van der Waals surface area contributed by atoms with E-state index in [9.17, 15) is 46.2 Å². The van der Waals surface area contributed by atoms with Crippen LogP contribution >= 0.6 is 0 Å². The number of aliphatic hydroxyl groups excluding tert-OH is 2. The van der Waals surface area contributed by atoms with Crippen molar-refractivity contribution in [2.45, 2.75) is 100 Å². The van der Waals surface area contributed by atoms with E-state index in [2.05, 4.69) is 0 Å². The van der Waals surface area contributed by atoms with E-state index < -0.39 is 123 Å². The van der Waals surface area contributed by atoms with Gasteiger partial charge in [0.25, 0.3) is 20.2 Å². The fraction of sp³-hybridized carbons (Fsp3) is 0.852. The van der Waals surface area contributed by atoms with Crippen LogP contribution in [0.4, 0.5) is 0 Å². The van der Waals surface area contributed by atoms with E-state index in [1.165, 1.54) is 41.5 Å². The highest BCUT2D eigenvalue weighted by atomic mass is 32.2. The zero-order chi connectivity index (χ0) is 35.6. The summed E-state index contributed by atoms with van der Waals surface area (Å²) in [5, 5.41) is 20.7. The predicted molar refractivity (Wildman–Crippen MR) is 157 cm³/mol. The van der Waals surface area contributed by atoms with Crippen LogP contribution in [0.5, 0.6) is 0 Å². The van der Waals surface area contributed by atoms with Gasteiger partial charge in [0.1, 0.15) is 0 Å². The van der Waals surface area contributed by atoms with Gasteiger partial charge < -0.3 is 29.2 Å². The standard InChI is InChI=1S/C27H48O16S2/c1-16(2)22(30)40-18(5)42-24(32)20(28)26(7,8)14-38-44(34,35)12-11-13-45(36,37)39-15-27(9,10)21(29)25(33)43-19(6)41-23(31)17(3)4/h16-21,28-29H,11-15H2,1-10H3/t18?,19?,20-,21-/m0/s1. The highest BCUT2D eigenvalue weighted by molar-refractivity contribution is 7.87. The molecule has 0 aromatic rings. The van der Waals surface area contributed by atoms with E-state index in [0.717, 1.165) is 0 Å². The average molecular weight is 693 g/mol. The van der Waals surface area contributed by atoms with Gasteiger partial charge in [0.05, 0.1) is 36.6 Å². The summed E-state index contributed by atoms with van der Waals surface area (Å²) in [4.78, 5) is 47.8. The Morgan fingerprint density at radius 3 is 1.09 bits per heavy atom. The first kappa shape index (κ1) is 42.6. The summed E-state index contributed by atoms with van der Waals surface area (Å²) in [7, 11) is -8.66. The first-order chi connectivity index (χ1) is 20.2. The molecule has 0 aliphatic carbocycles. The molecule has 0 bridgehead atoms. The number of rotatable bonds is 20. The molecule has 0 heterocycles. The molecule has 0 amide bonds. The molecule has 0 radical (unpaired) electrons. The van der Waals surface area contributed by atoms with Crippen molar-refractivity contribution in [3.8, 4) is 0 Å². The van der Waals surface area contributed by atoms with E-state index in [0.29, 0.717) is 0 Å². The summed E-state index contributed by atoms with van der Waals surface area (Å²) in [6.45, 7) is 12.8. The van der Waals surface area contributed by atoms with Crippen molar-refractivity contribution >= 4 is 44.1 Å². The predicted octanol–water partition coefficient (Wildman–Crippen LogP) is 1.02. The smallest absolute Gasteiger partial charge is 0.338 e. The van der Waals surface area contributed by atoms with E-state index in [1.54, 1.807) is 27.7 Å². The maximum atomic E-state index is 12.4. The molecule has 264 valence electrons. The lowest BCUT2D eigenvalue weighted by Gasteiger charge is -2.29. The molecule has 0 aromatic carbocycles. The van der Waals surface area contributed by atoms with Gasteiger partial charge in [-0.15, -0.1) is 0 Å². The first-order valence-corrected chi connectivity index (χ1v) is 17.3. The molecular formula is C27H48O16S2. The average Bonchev–Trinajstić information content (AvgIpc) is 2.89. The molecule has 0 saturated carbocycles. The zero-order valence-electron chi connectivity index (χ0n) is 27.4. The number of hydrogen-bond acceptors (Lipinski definition) is 16. The highest BCUT2D eigenvalue weighted by Gasteiger charge is 2.39. The molecule has 2 unspecified atom stereocenters. The normalized spacial score (nSPS) is 15.6. The third kappa shape index (κ3) is 16.1. The van der Waals surface area contributed by atoms with Gasteiger partial charge in [-0.25, -0.2) is 9.59 Å². The Hall–Kier alpha value is -2.38. The number of carbonyl (C=O) groups excluding carboxylic acids is 4. The quantitative estimate of drug-likeness (QED) is 0.103. The number of hydrogen-bond donors (Lipinski definition) is 2. The fourth-order valence-electron chi connectivity index (χ4n) is 2.91. The van der Waals surface area contributed by atoms with Crippen molar-refractivity contribution in [1.82, 2.24) is 0 Å². The number of carbonyl (C=O) groups is 4.